The highest BCUT2D eigenvalue weighted by atomic mass is 16.2. The molecule has 12 heavy (non-hydrogen) atoms. The van der Waals surface area contributed by atoms with Crippen LogP contribution < -0.4 is 0 Å². The van der Waals surface area contributed by atoms with Crippen LogP contribution in [0.3, 0.4) is 0 Å². The van der Waals surface area contributed by atoms with Gasteiger partial charge in [-0.2, -0.15) is 0 Å². The maximum atomic E-state index is 11.4. The summed E-state index contributed by atoms with van der Waals surface area (Å²) in [6, 6.07) is 0. The monoisotopic (exact) mass is 168 g/mol. The van der Waals surface area contributed by atoms with E-state index in [-0.39, 0.29) is 0 Å². The summed E-state index contributed by atoms with van der Waals surface area (Å²) in [7, 11) is 2.04. The van der Waals surface area contributed by atoms with E-state index in [1.807, 2.05) is 11.9 Å². The molecule has 2 rings (SSSR count). The van der Waals surface area contributed by atoms with Crippen molar-refractivity contribution < 1.29 is 4.79 Å². The molecule has 2 aliphatic rings. The summed E-state index contributed by atoms with van der Waals surface area (Å²) < 4.78 is 0. The summed E-state index contributed by atoms with van der Waals surface area (Å²) in [4.78, 5) is 15.6. The number of piperidine rings is 1. The van der Waals surface area contributed by atoms with E-state index in [0.717, 1.165) is 18.9 Å². The number of fused-ring (bicyclic) bond motifs is 1. The zero-order valence-electron chi connectivity index (χ0n) is 7.79. The third-order valence-corrected chi connectivity index (χ3v) is 3.05. The van der Waals surface area contributed by atoms with Gasteiger partial charge in [-0.1, -0.05) is 6.92 Å². The molecule has 0 radical (unpaired) electrons. The molecule has 3 nitrogen and oxygen atoms in total. The van der Waals surface area contributed by atoms with Crippen molar-refractivity contribution in [2.75, 3.05) is 20.1 Å². The second kappa shape index (κ2) is 2.73. The molecule has 0 aliphatic carbocycles. The number of rotatable bonds is 0. The van der Waals surface area contributed by atoms with Crippen molar-refractivity contribution >= 4 is 5.91 Å². The van der Waals surface area contributed by atoms with Gasteiger partial charge in [0.15, 0.2) is 0 Å². The summed E-state index contributed by atoms with van der Waals surface area (Å²) in [5.74, 6) is 1.09. The van der Waals surface area contributed by atoms with Crippen molar-refractivity contribution in [3.05, 3.63) is 0 Å². The van der Waals surface area contributed by atoms with Gasteiger partial charge >= 0.3 is 0 Å². The molecule has 0 bridgehead atoms. The zero-order valence-corrected chi connectivity index (χ0v) is 7.79. The van der Waals surface area contributed by atoms with Crippen LogP contribution in [0.1, 0.15) is 19.8 Å². The fourth-order valence-electron chi connectivity index (χ4n) is 2.23. The van der Waals surface area contributed by atoms with E-state index in [1.165, 1.54) is 6.42 Å². The number of hydrogen-bond donors (Lipinski definition) is 0. The largest absolute Gasteiger partial charge is 0.326 e. The first-order chi connectivity index (χ1) is 5.68. The van der Waals surface area contributed by atoms with Crippen molar-refractivity contribution in [2.45, 2.75) is 25.9 Å². The predicted octanol–water partition coefficient (Wildman–Crippen LogP) is 0.516. The number of carbonyl (C=O) groups is 1. The first-order valence-electron chi connectivity index (χ1n) is 4.68. The maximum absolute atomic E-state index is 11.4. The number of likely N-dealkylation sites (N-methyl/N-ethyl adjacent to an activating group) is 1. The Bertz CT molecular complexity index is 205. The Kier molecular flexibility index (Phi) is 1.83. The van der Waals surface area contributed by atoms with Gasteiger partial charge in [0.2, 0.25) is 5.91 Å². The van der Waals surface area contributed by atoms with Crippen molar-refractivity contribution in [1.29, 1.82) is 0 Å². The quantitative estimate of drug-likeness (QED) is 0.526. The first kappa shape index (κ1) is 8.05. The molecular formula is C9H16N2O. The highest BCUT2D eigenvalue weighted by Gasteiger charge is 2.38. The van der Waals surface area contributed by atoms with Crippen LogP contribution in [0.2, 0.25) is 0 Å². The molecule has 0 aromatic carbocycles. The van der Waals surface area contributed by atoms with Crippen LogP contribution in [0, 0.1) is 5.92 Å². The normalized spacial score (nSPS) is 37.2. The molecule has 0 saturated carbocycles. The van der Waals surface area contributed by atoms with Gasteiger partial charge in [-0.3, -0.25) is 9.69 Å². The number of nitrogens with zero attached hydrogens (tertiary/aromatic N) is 2. The lowest BCUT2D eigenvalue weighted by Gasteiger charge is -2.35. The van der Waals surface area contributed by atoms with E-state index in [4.69, 9.17) is 0 Å². The molecule has 2 fully saturated rings. The van der Waals surface area contributed by atoms with Crippen molar-refractivity contribution in [3.63, 3.8) is 0 Å². The molecule has 0 aromatic rings. The minimum absolute atomic E-state index is 0.314. The van der Waals surface area contributed by atoms with Crippen LogP contribution in [0.4, 0.5) is 0 Å². The lowest BCUT2D eigenvalue weighted by atomic mass is 9.97. The van der Waals surface area contributed by atoms with Gasteiger partial charge in [-0.25, -0.2) is 0 Å². The van der Waals surface area contributed by atoms with Crippen molar-refractivity contribution in [1.82, 2.24) is 9.80 Å². The number of carbonyl (C=O) groups excluding carboxylic acids is 1. The Balaban J connectivity index is 2.12. The summed E-state index contributed by atoms with van der Waals surface area (Å²) in [6.07, 6.45) is 2.74. The Morgan fingerprint density at radius 3 is 3.00 bits per heavy atom. The molecule has 1 amide bonds. The van der Waals surface area contributed by atoms with E-state index in [1.54, 1.807) is 0 Å². The summed E-state index contributed by atoms with van der Waals surface area (Å²) in [5, 5.41) is 0. The second-order valence-electron chi connectivity index (χ2n) is 4.11. The molecule has 0 aromatic heterocycles. The van der Waals surface area contributed by atoms with E-state index < -0.39 is 0 Å². The fourth-order valence-corrected chi connectivity index (χ4v) is 2.23. The van der Waals surface area contributed by atoms with E-state index in [9.17, 15) is 4.79 Å². The Morgan fingerprint density at radius 1 is 1.50 bits per heavy atom. The molecule has 68 valence electrons. The first-order valence-corrected chi connectivity index (χ1v) is 4.68. The molecule has 2 atom stereocenters. The molecule has 2 unspecified atom stereocenters. The van der Waals surface area contributed by atoms with Gasteiger partial charge in [0.05, 0.1) is 12.7 Å². The second-order valence-corrected chi connectivity index (χ2v) is 4.11. The molecule has 2 heterocycles. The van der Waals surface area contributed by atoms with Crippen LogP contribution in [0.5, 0.6) is 0 Å². The Hall–Kier alpha value is -0.570. The predicted molar refractivity (Wildman–Crippen MR) is 46.5 cm³/mol. The average Bonchev–Trinajstić information content (AvgIpc) is 2.28. The topological polar surface area (TPSA) is 23.6 Å². The molecule has 0 spiro atoms. The molecular weight excluding hydrogens is 152 g/mol. The van der Waals surface area contributed by atoms with Crippen LogP contribution in [-0.4, -0.2) is 42.0 Å². The van der Waals surface area contributed by atoms with E-state index in [2.05, 4.69) is 11.8 Å². The Morgan fingerprint density at radius 2 is 2.25 bits per heavy atom. The third kappa shape index (κ3) is 1.12. The summed E-state index contributed by atoms with van der Waals surface area (Å²) in [5.41, 5.74) is 0. The molecule has 2 aliphatic heterocycles. The van der Waals surface area contributed by atoms with Crippen LogP contribution in [0.25, 0.3) is 0 Å². The average molecular weight is 168 g/mol. The lowest BCUT2D eigenvalue weighted by Crippen LogP contribution is -2.44. The molecule has 2 saturated heterocycles. The van der Waals surface area contributed by atoms with Crippen molar-refractivity contribution in [2.24, 2.45) is 5.92 Å². The van der Waals surface area contributed by atoms with Crippen LogP contribution in [0.15, 0.2) is 0 Å². The fraction of sp³-hybridized carbons (Fsp3) is 0.889. The van der Waals surface area contributed by atoms with Gasteiger partial charge in [-0.15, -0.1) is 0 Å². The van der Waals surface area contributed by atoms with Gasteiger partial charge in [0, 0.05) is 6.54 Å². The minimum Gasteiger partial charge on any atom is -0.326 e. The van der Waals surface area contributed by atoms with Gasteiger partial charge in [0.1, 0.15) is 0 Å². The van der Waals surface area contributed by atoms with Gasteiger partial charge in [0.25, 0.3) is 0 Å². The number of amides is 1. The molecule has 3 heteroatoms. The maximum Gasteiger partial charge on any atom is 0.238 e. The Labute approximate surface area is 73.3 Å². The lowest BCUT2D eigenvalue weighted by molar-refractivity contribution is -0.129. The summed E-state index contributed by atoms with van der Waals surface area (Å²) in [6.45, 7) is 3.86. The zero-order chi connectivity index (χ0) is 8.72. The smallest absolute Gasteiger partial charge is 0.238 e. The highest BCUT2D eigenvalue weighted by molar-refractivity contribution is 5.80. The van der Waals surface area contributed by atoms with E-state index >= 15 is 0 Å². The number of hydrogen-bond acceptors (Lipinski definition) is 2. The van der Waals surface area contributed by atoms with Gasteiger partial charge < -0.3 is 4.90 Å². The van der Waals surface area contributed by atoms with Gasteiger partial charge in [-0.05, 0) is 25.8 Å². The summed E-state index contributed by atoms with van der Waals surface area (Å²) >= 11 is 0. The minimum atomic E-state index is 0.314. The highest BCUT2D eigenvalue weighted by Crippen LogP contribution is 2.27. The SMILES string of the molecule is CC1CCN2C(=O)CN(C)C2C1. The van der Waals surface area contributed by atoms with Crippen molar-refractivity contribution in [3.8, 4) is 0 Å². The molecule has 0 N–H and O–H groups in total. The van der Waals surface area contributed by atoms with Crippen LogP contribution in [-0.2, 0) is 4.79 Å². The standard InChI is InChI=1S/C9H16N2O/c1-7-3-4-11-8(5-7)10(2)6-9(11)12/h7-8H,3-6H2,1-2H3. The third-order valence-electron chi connectivity index (χ3n) is 3.05. The van der Waals surface area contributed by atoms with Crippen LogP contribution >= 0.6 is 0 Å². The van der Waals surface area contributed by atoms with E-state index in [0.29, 0.717) is 18.6 Å².